The molecule has 2 aromatic carbocycles. The summed E-state index contributed by atoms with van der Waals surface area (Å²) in [6, 6.07) is 18.9. The summed E-state index contributed by atoms with van der Waals surface area (Å²) in [4.78, 5) is 29.3. The molecule has 6 rings (SSSR count). The molecule has 2 saturated heterocycles. The predicted octanol–water partition coefficient (Wildman–Crippen LogP) is 3.47. The van der Waals surface area contributed by atoms with Crippen LogP contribution < -0.4 is 0 Å². The second kappa shape index (κ2) is 7.28. The summed E-state index contributed by atoms with van der Waals surface area (Å²) in [5.41, 5.74) is 4.38. The molecule has 0 aliphatic carbocycles. The Labute approximate surface area is 179 Å². The maximum atomic E-state index is 13.3. The van der Waals surface area contributed by atoms with Crippen molar-refractivity contribution in [1.29, 1.82) is 0 Å². The van der Waals surface area contributed by atoms with Crippen LogP contribution in [0, 0.1) is 0 Å². The molecule has 1 N–H and O–H groups in total. The van der Waals surface area contributed by atoms with Crippen molar-refractivity contribution in [2.24, 2.45) is 0 Å². The fourth-order valence-corrected chi connectivity index (χ4v) is 4.89. The van der Waals surface area contributed by atoms with Crippen molar-refractivity contribution in [2.75, 3.05) is 6.54 Å². The van der Waals surface area contributed by atoms with Crippen LogP contribution in [0.1, 0.15) is 28.8 Å². The number of fused-ring (bicyclic) bond motifs is 3. The second-order valence-corrected chi connectivity index (χ2v) is 8.26. The Balaban J connectivity index is 1.21. The standard InChI is InChI=1S/C24H22N6O/c31-24(30-19-10-11-29(30)20(13-19)12-16-4-2-1-3-5-16)18-8-6-17(7-9-18)22-27-21-14-25-15-26-23(21)28-22/h1-9,14-15,19-20H,10-13H2,(H,25,26,27,28). The van der Waals surface area contributed by atoms with Gasteiger partial charge in [0.2, 0.25) is 0 Å². The third kappa shape index (κ3) is 3.18. The first-order valence-corrected chi connectivity index (χ1v) is 10.7. The average molecular weight is 410 g/mol. The first-order chi connectivity index (χ1) is 15.3. The van der Waals surface area contributed by atoms with Gasteiger partial charge < -0.3 is 4.98 Å². The Bertz CT molecular complexity index is 1200. The zero-order chi connectivity index (χ0) is 20.8. The predicted molar refractivity (Wildman–Crippen MR) is 117 cm³/mol. The molecule has 154 valence electrons. The Morgan fingerprint density at radius 1 is 1.10 bits per heavy atom. The number of hydrogen-bond donors (Lipinski definition) is 1. The van der Waals surface area contributed by atoms with E-state index in [0.29, 0.717) is 23.3 Å². The summed E-state index contributed by atoms with van der Waals surface area (Å²) >= 11 is 0. The number of amides is 1. The van der Waals surface area contributed by atoms with E-state index >= 15 is 0 Å². The Hall–Kier alpha value is -3.58. The van der Waals surface area contributed by atoms with Gasteiger partial charge in [-0.05, 0) is 37.0 Å². The van der Waals surface area contributed by atoms with E-state index in [0.717, 1.165) is 42.7 Å². The summed E-state index contributed by atoms with van der Waals surface area (Å²) < 4.78 is 0. The van der Waals surface area contributed by atoms with Crippen LogP contribution in [0.4, 0.5) is 0 Å². The molecular formula is C24H22N6O. The van der Waals surface area contributed by atoms with Gasteiger partial charge in [-0.25, -0.2) is 20.0 Å². The number of carbonyl (C=O) groups is 1. The van der Waals surface area contributed by atoms with E-state index in [1.165, 1.54) is 11.9 Å². The van der Waals surface area contributed by atoms with Crippen molar-refractivity contribution in [3.63, 3.8) is 0 Å². The number of H-pyrrole nitrogens is 1. The largest absolute Gasteiger partial charge is 0.335 e. The van der Waals surface area contributed by atoms with Gasteiger partial charge in [-0.2, -0.15) is 0 Å². The van der Waals surface area contributed by atoms with Gasteiger partial charge in [-0.15, -0.1) is 0 Å². The molecule has 2 bridgehead atoms. The Morgan fingerprint density at radius 3 is 2.74 bits per heavy atom. The summed E-state index contributed by atoms with van der Waals surface area (Å²) in [5.74, 6) is 0.808. The second-order valence-electron chi connectivity index (χ2n) is 8.26. The number of nitrogens with one attached hydrogen (secondary N) is 1. The van der Waals surface area contributed by atoms with Crippen LogP contribution >= 0.6 is 0 Å². The Morgan fingerprint density at radius 2 is 1.94 bits per heavy atom. The number of aromatic nitrogens is 4. The number of piperidine rings is 1. The maximum Gasteiger partial charge on any atom is 0.268 e. The number of benzene rings is 2. The van der Waals surface area contributed by atoms with E-state index in [4.69, 9.17) is 0 Å². The van der Waals surface area contributed by atoms with E-state index < -0.39 is 0 Å². The molecule has 3 unspecified atom stereocenters. The highest BCUT2D eigenvalue weighted by Gasteiger charge is 2.46. The lowest BCUT2D eigenvalue weighted by atomic mass is 9.97. The fraction of sp³-hybridized carbons (Fsp3) is 0.250. The number of hydrogen-bond acceptors (Lipinski definition) is 5. The van der Waals surface area contributed by atoms with Crippen LogP contribution in [0.2, 0.25) is 0 Å². The quantitative estimate of drug-likeness (QED) is 0.557. The van der Waals surface area contributed by atoms with Crippen LogP contribution in [0.5, 0.6) is 0 Å². The normalized spacial score (nSPS) is 22.3. The van der Waals surface area contributed by atoms with E-state index in [2.05, 4.69) is 49.2 Å². The molecule has 4 heterocycles. The van der Waals surface area contributed by atoms with Crippen molar-refractivity contribution in [2.45, 2.75) is 31.3 Å². The monoisotopic (exact) mass is 410 g/mol. The molecule has 1 amide bonds. The first-order valence-electron chi connectivity index (χ1n) is 10.7. The molecule has 7 heteroatoms. The minimum absolute atomic E-state index is 0.0834. The van der Waals surface area contributed by atoms with Gasteiger partial charge in [0.25, 0.3) is 5.91 Å². The third-order valence-electron chi connectivity index (χ3n) is 6.37. The van der Waals surface area contributed by atoms with Crippen LogP contribution in [-0.2, 0) is 6.42 Å². The molecule has 2 fully saturated rings. The third-order valence-corrected chi connectivity index (χ3v) is 6.37. The number of hydrazine groups is 1. The van der Waals surface area contributed by atoms with E-state index in [1.54, 1.807) is 6.20 Å². The van der Waals surface area contributed by atoms with E-state index in [1.807, 2.05) is 35.3 Å². The highest BCUT2D eigenvalue weighted by Crippen LogP contribution is 2.36. The number of carbonyl (C=O) groups excluding carboxylic acids is 1. The molecular weight excluding hydrogens is 388 g/mol. The summed E-state index contributed by atoms with van der Waals surface area (Å²) in [7, 11) is 0. The molecule has 3 atom stereocenters. The van der Waals surface area contributed by atoms with Crippen LogP contribution in [0.25, 0.3) is 22.6 Å². The van der Waals surface area contributed by atoms with Gasteiger partial charge in [0, 0.05) is 23.7 Å². The number of aromatic amines is 1. The van der Waals surface area contributed by atoms with Crippen molar-refractivity contribution in [1.82, 2.24) is 30.0 Å². The van der Waals surface area contributed by atoms with E-state index in [9.17, 15) is 4.79 Å². The van der Waals surface area contributed by atoms with Gasteiger partial charge in [0.05, 0.1) is 12.2 Å². The molecule has 0 spiro atoms. The lowest BCUT2D eigenvalue weighted by molar-refractivity contribution is 0.0198. The molecule has 0 saturated carbocycles. The highest BCUT2D eigenvalue weighted by molar-refractivity contribution is 5.95. The van der Waals surface area contributed by atoms with Crippen molar-refractivity contribution < 1.29 is 4.79 Å². The SMILES string of the molecule is O=C(c1ccc(-c2nc3ncncc3[nH]2)cc1)N1C2CCN1C(Cc1ccccc1)C2. The van der Waals surface area contributed by atoms with Gasteiger partial charge in [0.15, 0.2) is 5.65 Å². The Kier molecular flexibility index (Phi) is 4.28. The van der Waals surface area contributed by atoms with Gasteiger partial charge in [0.1, 0.15) is 17.7 Å². The molecule has 31 heavy (non-hydrogen) atoms. The molecule has 2 aliphatic rings. The zero-order valence-corrected chi connectivity index (χ0v) is 17.0. The topological polar surface area (TPSA) is 78.0 Å². The van der Waals surface area contributed by atoms with Crippen LogP contribution in [-0.4, -0.2) is 54.5 Å². The molecule has 4 aromatic rings. The summed E-state index contributed by atoms with van der Waals surface area (Å²) in [5, 5.41) is 4.28. The molecule has 2 aromatic heterocycles. The fourth-order valence-electron chi connectivity index (χ4n) is 4.89. The molecule has 2 aliphatic heterocycles. The van der Waals surface area contributed by atoms with Crippen LogP contribution in [0.15, 0.2) is 67.1 Å². The average Bonchev–Trinajstić information content (AvgIpc) is 3.52. The first kappa shape index (κ1) is 18.2. The minimum Gasteiger partial charge on any atom is -0.335 e. The smallest absolute Gasteiger partial charge is 0.268 e. The van der Waals surface area contributed by atoms with Crippen molar-refractivity contribution in [3.05, 3.63) is 78.2 Å². The molecule has 0 radical (unpaired) electrons. The zero-order valence-electron chi connectivity index (χ0n) is 17.0. The van der Waals surface area contributed by atoms with E-state index in [-0.39, 0.29) is 5.91 Å². The summed E-state index contributed by atoms with van der Waals surface area (Å²) in [6.45, 7) is 0.950. The maximum absolute atomic E-state index is 13.3. The van der Waals surface area contributed by atoms with Crippen LogP contribution in [0.3, 0.4) is 0 Å². The van der Waals surface area contributed by atoms with Crippen molar-refractivity contribution in [3.8, 4) is 11.4 Å². The lowest BCUT2D eigenvalue weighted by Crippen LogP contribution is -2.42. The van der Waals surface area contributed by atoms with Gasteiger partial charge in [-0.1, -0.05) is 42.5 Å². The van der Waals surface area contributed by atoms with Gasteiger partial charge >= 0.3 is 0 Å². The minimum atomic E-state index is 0.0834. The highest BCUT2D eigenvalue weighted by atomic mass is 16.2. The summed E-state index contributed by atoms with van der Waals surface area (Å²) in [6.07, 6.45) is 6.27. The number of rotatable bonds is 4. The molecule has 7 nitrogen and oxygen atoms in total. The number of nitrogens with zero attached hydrogens (tertiary/aromatic N) is 5. The van der Waals surface area contributed by atoms with Crippen molar-refractivity contribution >= 4 is 17.1 Å². The lowest BCUT2D eigenvalue weighted by Gasteiger charge is -2.28. The number of imidazole rings is 1. The van der Waals surface area contributed by atoms with Gasteiger partial charge in [-0.3, -0.25) is 9.80 Å².